The minimum Gasteiger partial charge on any atom is -0.300 e. The summed E-state index contributed by atoms with van der Waals surface area (Å²) in [6, 6.07) is 6.95. The molecule has 0 spiro atoms. The van der Waals surface area contributed by atoms with Gasteiger partial charge in [0.1, 0.15) is 5.78 Å². The van der Waals surface area contributed by atoms with Gasteiger partial charge >= 0.3 is 0 Å². The van der Waals surface area contributed by atoms with E-state index in [1.54, 1.807) is 31.2 Å². The molecule has 1 aliphatic rings. The third kappa shape index (κ3) is 3.57. The highest BCUT2D eigenvalue weighted by molar-refractivity contribution is 6.21. The molecule has 1 atom stereocenters. The zero-order chi connectivity index (χ0) is 15.4. The molecule has 0 aromatic heterocycles. The highest BCUT2D eigenvalue weighted by Crippen LogP contribution is 2.23. The van der Waals surface area contributed by atoms with Crippen molar-refractivity contribution in [1.82, 2.24) is 4.90 Å². The van der Waals surface area contributed by atoms with Gasteiger partial charge in [0, 0.05) is 13.0 Å². The van der Waals surface area contributed by atoms with Crippen LogP contribution in [0.5, 0.6) is 0 Å². The number of amides is 2. The van der Waals surface area contributed by atoms with Crippen LogP contribution < -0.4 is 0 Å². The summed E-state index contributed by atoms with van der Waals surface area (Å²) < 4.78 is 0. The van der Waals surface area contributed by atoms with Gasteiger partial charge in [-0.25, -0.2) is 0 Å². The summed E-state index contributed by atoms with van der Waals surface area (Å²) in [4.78, 5) is 36.6. The zero-order valence-electron chi connectivity index (χ0n) is 12.6. The largest absolute Gasteiger partial charge is 0.300 e. The molecule has 1 heterocycles. The molecule has 0 N–H and O–H groups in total. The van der Waals surface area contributed by atoms with Crippen LogP contribution in [0.2, 0.25) is 0 Å². The Labute approximate surface area is 125 Å². The number of fused-ring (bicyclic) bond motifs is 1. The number of nitrogens with zero attached hydrogens (tertiary/aromatic N) is 1. The zero-order valence-corrected chi connectivity index (χ0v) is 12.6. The van der Waals surface area contributed by atoms with E-state index in [-0.39, 0.29) is 17.6 Å². The van der Waals surface area contributed by atoms with E-state index in [1.165, 1.54) is 4.90 Å². The van der Waals surface area contributed by atoms with Crippen LogP contribution in [-0.4, -0.2) is 29.0 Å². The minimum atomic E-state index is -0.188. The lowest BCUT2D eigenvalue weighted by molar-refractivity contribution is -0.117. The Morgan fingerprint density at radius 2 is 1.67 bits per heavy atom. The Morgan fingerprint density at radius 3 is 2.19 bits per heavy atom. The normalized spacial score (nSPS) is 15.2. The maximum atomic E-state index is 12.2. The molecule has 0 saturated carbocycles. The third-order valence-corrected chi connectivity index (χ3v) is 3.95. The van der Waals surface area contributed by atoms with E-state index in [0.717, 1.165) is 19.3 Å². The Balaban J connectivity index is 1.84. The van der Waals surface area contributed by atoms with Gasteiger partial charge in [0.25, 0.3) is 11.8 Å². The second-order valence-electron chi connectivity index (χ2n) is 5.80. The molecular formula is C17H21NO3. The van der Waals surface area contributed by atoms with Gasteiger partial charge in [0.2, 0.25) is 0 Å². The van der Waals surface area contributed by atoms with E-state index < -0.39 is 0 Å². The van der Waals surface area contributed by atoms with E-state index in [1.807, 2.05) is 0 Å². The van der Waals surface area contributed by atoms with Crippen LogP contribution in [0.15, 0.2) is 24.3 Å². The van der Waals surface area contributed by atoms with Crippen LogP contribution in [0.4, 0.5) is 0 Å². The lowest BCUT2D eigenvalue weighted by Crippen LogP contribution is -2.30. The first-order valence-corrected chi connectivity index (χ1v) is 7.45. The van der Waals surface area contributed by atoms with Gasteiger partial charge in [-0.3, -0.25) is 14.5 Å². The fourth-order valence-electron chi connectivity index (χ4n) is 2.63. The predicted octanol–water partition coefficient (Wildman–Crippen LogP) is 3.07. The first-order valence-electron chi connectivity index (χ1n) is 7.45. The van der Waals surface area contributed by atoms with E-state index in [9.17, 15) is 14.4 Å². The smallest absolute Gasteiger partial charge is 0.261 e. The lowest BCUT2D eigenvalue weighted by Gasteiger charge is -2.15. The van der Waals surface area contributed by atoms with E-state index >= 15 is 0 Å². The quantitative estimate of drug-likeness (QED) is 0.724. The number of rotatable bonds is 7. The van der Waals surface area contributed by atoms with Crippen molar-refractivity contribution in [2.45, 2.75) is 39.5 Å². The van der Waals surface area contributed by atoms with Crippen LogP contribution in [0.25, 0.3) is 0 Å². The number of carbonyl (C=O) groups is 3. The number of benzene rings is 1. The van der Waals surface area contributed by atoms with Crippen molar-refractivity contribution < 1.29 is 14.4 Å². The molecule has 21 heavy (non-hydrogen) atoms. The van der Waals surface area contributed by atoms with Crippen molar-refractivity contribution in [1.29, 1.82) is 0 Å². The summed E-state index contributed by atoms with van der Waals surface area (Å²) in [5, 5.41) is 0. The summed E-state index contributed by atoms with van der Waals surface area (Å²) in [5.74, 6) is 0.269. The standard InChI is InChI=1S/C17H21NO3/c1-12(9-10-13(2)19)6-5-11-18-16(20)14-7-3-4-8-15(14)17(18)21/h3-4,7-8,12H,5-6,9-11H2,1-2H3. The van der Waals surface area contributed by atoms with Crippen LogP contribution >= 0.6 is 0 Å². The van der Waals surface area contributed by atoms with E-state index in [2.05, 4.69) is 6.92 Å². The molecule has 4 heteroatoms. The molecule has 2 amide bonds. The van der Waals surface area contributed by atoms with Crippen LogP contribution in [0.1, 0.15) is 60.2 Å². The molecule has 0 radical (unpaired) electrons. The molecule has 0 fully saturated rings. The van der Waals surface area contributed by atoms with Crippen LogP contribution in [-0.2, 0) is 4.79 Å². The maximum Gasteiger partial charge on any atom is 0.261 e. The van der Waals surface area contributed by atoms with Crippen molar-refractivity contribution in [3.05, 3.63) is 35.4 Å². The molecule has 1 aliphatic heterocycles. The van der Waals surface area contributed by atoms with Crippen molar-refractivity contribution in [3.63, 3.8) is 0 Å². The second-order valence-corrected chi connectivity index (χ2v) is 5.80. The molecule has 112 valence electrons. The predicted molar refractivity (Wildman–Crippen MR) is 80.1 cm³/mol. The van der Waals surface area contributed by atoms with Crippen molar-refractivity contribution >= 4 is 17.6 Å². The third-order valence-electron chi connectivity index (χ3n) is 3.95. The maximum absolute atomic E-state index is 12.2. The van der Waals surface area contributed by atoms with Crippen molar-refractivity contribution in [2.75, 3.05) is 6.54 Å². The van der Waals surface area contributed by atoms with Gasteiger partial charge in [0.15, 0.2) is 0 Å². The highest BCUT2D eigenvalue weighted by atomic mass is 16.2. The molecule has 2 rings (SSSR count). The molecule has 4 nitrogen and oxygen atoms in total. The Hall–Kier alpha value is -1.97. The van der Waals surface area contributed by atoms with E-state index in [4.69, 9.17) is 0 Å². The summed E-state index contributed by atoms with van der Waals surface area (Å²) in [6.07, 6.45) is 3.18. The van der Waals surface area contributed by atoms with Gasteiger partial charge in [-0.2, -0.15) is 0 Å². The number of hydrogen-bond donors (Lipinski definition) is 0. The highest BCUT2D eigenvalue weighted by Gasteiger charge is 2.34. The minimum absolute atomic E-state index is 0.188. The second kappa shape index (κ2) is 6.66. The molecule has 1 unspecified atom stereocenters. The average molecular weight is 287 g/mol. The Kier molecular flexibility index (Phi) is 4.89. The molecule has 0 saturated heterocycles. The number of Topliss-reactive ketones (excluding diaryl/α,β-unsaturated/α-hetero) is 1. The molecule has 0 aliphatic carbocycles. The van der Waals surface area contributed by atoms with Gasteiger partial charge in [-0.1, -0.05) is 19.1 Å². The van der Waals surface area contributed by atoms with Gasteiger partial charge in [-0.05, 0) is 44.2 Å². The van der Waals surface area contributed by atoms with Crippen molar-refractivity contribution in [3.8, 4) is 0 Å². The number of carbonyl (C=O) groups excluding carboxylic acids is 3. The number of hydrogen-bond acceptors (Lipinski definition) is 3. The Bertz CT molecular complexity index is 530. The van der Waals surface area contributed by atoms with E-state index in [0.29, 0.717) is 30.0 Å². The molecular weight excluding hydrogens is 266 g/mol. The lowest BCUT2D eigenvalue weighted by atomic mass is 9.98. The SMILES string of the molecule is CC(=O)CCC(C)CCCN1C(=O)c2ccccc2C1=O. The topological polar surface area (TPSA) is 54.5 Å². The monoisotopic (exact) mass is 287 g/mol. The number of ketones is 1. The fraction of sp³-hybridized carbons (Fsp3) is 0.471. The summed E-state index contributed by atoms with van der Waals surface area (Å²) in [7, 11) is 0. The number of imide groups is 1. The molecule has 1 aromatic carbocycles. The molecule has 1 aromatic rings. The summed E-state index contributed by atoms with van der Waals surface area (Å²) >= 11 is 0. The first-order chi connectivity index (χ1) is 10.0. The van der Waals surface area contributed by atoms with Crippen LogP contribution in [0, 0.1) is 5.92 Å². The average Bonchev–Trinajstić information content (AvgIpc) is 2.70. The summed E-state index contributed by atoms with van der Waals surface area (Å²) in [5.41, 5.74) is 1.01. The summed E-state index contributed by atoms with van der Waals surface area (Å²) in [6.45, 7) is 4.16. The van der Waals surface area contributed by atoms with Crippen LogP contribution in [0.3, 0.4) is 0 Å². The first kappa shape index (κ1) is 15.4. The molecule has 0 bridgehead atoms. The van der Waals surface area contributed by atoms with Gasteiger partial charge < -0.3 is 4.79 Å². The fourth-order valence-corrected chi connectivity index (χ4v) is 2.63. The van der Waals surface area contributed by atoms with Gasteiger partial charge in [0.05, 0.1) is 11.1 Å². The Morgan fingerprint density at radius 1 is 1.10 bits per heavy atom. The van der Waals surface area contributed by atoms with Crippen molar-refractivity contribution in [2.24, 2.45) is 5.92 Å². The van der Waals surface area contributed by atoms with Gasteiger partial charge in [-0.15, -0.1) is 0 Å².